The standard InChI is InChI=1S/C20H19N3O2/c1-25-18-4-2-3-15-8-11-23(20(15)18)12-9-19(24)22-16-6-5-14-7-10-21-17(14)13-16/h2-8,10-11,13,21H,9,12H2,1H3,(H,22,24). The van der Waals surface area contributed by atoms with E-state index in [2.05, 4.69) is 14.9 Å². The second-order valence-electron chi connectivity index (χ2n) is 5.99. The summed E-state index contributed by atoms with van der Waals surface area (Å²) in [5.74, 6) is 0.808. The lowest BCUT2D eigenvalue weighted by molar-refractivity contribution is -0.116. The average Bonchev–Trinajstić information content (AvgIpc) is 3.26. The van der Waals surface area contributed by atoms with Crippen LogP contribution in [0.2, 0.25) is 0 Å². The van der Waals surface area contributed by atoms with Gasteiger partial charge in [-0.25, -0.2) is 0 Å². The van der Waals surface area contributed by atoms with Crippen LogP contribution in [0.5, 0.6) is 5.75 Å². The van der Waals surface area contributed by atoms with E-state index >= 15 is 0 Å². The van der Waals surface area contributed by atoms with Crippen LogP contribution < -0.4 is 10.1 Å². The van der Waals surface area contributed by atoms with Crippen LogP contribution in [0.4, 0.5) is 5.69 Å². The van der Waals surface area contributed by atoms with Crippen molar-refractivity contribution < 1.29 is 9.53 Å². The maximum absolute atomic E-state index is 12.3. The minimum absolute atomic E-state index is 0.0114. The summed E-state index contributed by atoms with van der Waals surface area (Å²) in [6.45, 7) is 0.598. The number of aromatic amines is 1. The van der Waals surface area contributed by atoms with E-state index in [1.807, 2.05) is 60.9 Å². The quantitative estimate of drug-likeness (QED) is 0.576. The van der Waals surface area contributed by atoms with Crippen LogP contribution in [-0.4, -0.2) is 22.6 Å². The van der Waals surface area contributed by atoms with Crippen LogP contribution in [0.15, 0.2) is 60.9 Å². The van der Waals surface area contributed by atoms with Gasteiger partial charge in [0.25, 0.3) is 0 Å². The molecule has 0 spiro atoms. The summed E-state index contributed by atoms with van der Waals surface area (Å²) in [6.07, 6.45) is 4.27. The third-order valence-electron chi connectivity index (χ3n) is 4.39. The number of H-pyrrole nitrogens is 1. The molecule has 2 N–H and O–H groups in total. The fourth-order valence-corrected chi connectivity index (χ4v) is 3.15. The van der Waals surface area contributed by atoms with Gasteiger partial charge in [-0.3, -0.25) is 4.79 Å². The van der Waals surface area contributed by atoms with Gasteiger partial charge in [0.2, 0.25) is 5.91 Å². The van der Waals surface area contributed by atoms with E-state index in [4.69, 9.17) is 4.74 Å². The highest BCUT2D eigenvalue weighted by Gasteiger charge is 2.09. The Kier molecular flexibility index (Phi) is 3.90. The van der Waals surface area contributed by atoms with Crippen LogP contribution in [0.25, 0.3) is 21.8 Å². The summed E-state index contributed by atoms with van der Waals surface area (Å²) in [7, 11) is 1.66. The number of carbonyl (C=O) groups is 1. The fraction of sp³-hybridized carbons (Fsp3) is 0.150. The first-order valence-corrected chi connectivity index (χ1v) is 8.23. The molecule has 2 aromatic heterocycles. The van der Waals surface area contributed by atoms with Crippen molar-refractivity contribution in [3.8, 4) is 5.75 Å². The number of rotatable bonds is 5. The number of ether oxygens (including phenoxy) is 1. The van der Waals surface area contributed by atoms with Crippen molar-refractivity contribution in [3.63, 3.8) is 0 Å². The Morgan fingerprint density at radius 3 is 2.96 bits per heavy atom. The van der Waals surface area contributed by atoms with Crippen molar-refractivity contribution in [1.82, 2.24) is 9.55 Å². The van der Waals surface area contributed by atoms with E-state index in [0.29, 0.717) is 13.0 Å². The van der Waals surface area contributed by atoms with Gasteiger partial charge in [0.1, 0.15) is 5.75 Å². The molecular weight excluding hydrogens is 314 g/mol. The van der Waals surface area contributed by atoms with Crippen LogP contribution in [0.3, 0.4) is 0 Å². The second-order valence-corrected chi connectivity index (χ2v) is 5.99. The SMILES string of the molecule is COc1cccc2ccn(CCC(=O)Nc3ccc4cc[nH]c4c3)c12. The van der Waals surface area contributed by atoms with Gasteiger partial charge in [-0.05, 0) is 35.7 Å². The molecule has 5 nitrogen and oxygen atoms in total. The number of aryl methyl sites for hydroxylation is 1. The normalized spacial score (nSPS) is 11.1. The molecule has 0 saturated heterocycles. The molecule has 0 atom stereocenters. The zero-order chi connectivity index (χ0) is 17.2. The molecule has 25 heavy (non-hydrogen) atoms. The Hall–Kier alpha value is -3.21. The highest BCUT2D eigenvalue weighted by Crippen LogP contribution is 2.26. The van der Waals surface area contributed by atoms with Gasteiger partial charge in [0, 0.05) is 41.9 Å². The summed E-state index contributed by atoms with van der Waals surface area (Å²) >= 11 is 0. The monoisotopic (exact) mass is 333 g/mol. The number of methoxy groups -OCH3 is 1. The van der Waals surface area contributed by atoms with Gasteiger partial charge < -0.3 is 19.6 Å². The summed E-state index contributed by atoms with van der Waals surface area (Å²) < 4.78 is 7.49. The summed E-state index contributed by atoms with van der Waals surface area (Å²) in [5.41, 5.74) is 2.83. The zero-order valence-electron chi connectivity index (χ0n) is 14.0. The van der Waals surface area contributed by atoms with Crippen LogP contribution >= 0.6 is 0 Å². The first kappa shape index (κ1) is 15.3. The molecular formula is C20H19N3O2. The van der Waals surface area contributed by atoms with Gasteiger partial charge in [0.15, 0.2) is 0 Å². The Morgan fingerprint density at radius 2 is 2.08 bits per heavy atom. The van der Waals surface area contributed by atoms with Crippen molar-refractivity contribution in [3.05, 3.63) is 60.9 Å². The number of aromatic nitrogens is 2. The average molecular weight is 333 g/mol. The number of hydrogen-bond donors (Lipinski definition) is 2. The van der Waals surface area contributed by atoms with E-state index in [-0.39, 0.29) is 5.91 Å². The molecule has 0 aliphatic heterocycles. The van der Waals surface area contributed by atoms with Crippen molar-refractivity contribution in [2.75, 3.05) is 12.4 Å². The van der Waals surface area contributed by atoms with Crippen molar-refractivity contribution in [2.24, 2.45) is 0 Å². The second kappa shape index (κ2) is 6.36. The van der Waals surface area contributed by atoms with E-state index < -0.39 is 0 Å². The van der Waals surface area contributed by atoms with E-state index in [0.717, 1.165) is 33.2 Å². The Morgan fingerprint density at radius 1 is 1.16 bits per heavy atom. The van der Waals surface area contributed by atoms with Crippen LogP contribution in [0, 0.1) is 0 Å². The Bertz CT molecular complexity index is 1050. The lowest BCUT2D eigenvalue weighted by Gasteiger charge is -2.10. The number of nitrogens with zero attached hydrogens (tertiary/aromatic N) is 1. The number of fused-ring (bicyclic) bond motifs is 2. The maximum Gasteiger partial charge on any atom is 0.226 e. The lowest BCUT2D eigenvalue weighted by atomic mass is 10.2. The molecule has 1 amide bonds. The molecule has 0 radical (unpaired) electrons. The third kappa shape index (κ3) is 2.96. The Balaban J connectivity index is 1.46. The fourth-order valence-electron chi connectivity index (χ4n) is 3.15. The lowest BCUT2D eigenvalue weighted by Crippen LogP contribution is -2.14. The number of benzene rings is 2. The molecule has 5 heteroatoms. The maximum atomic E-state index is 12.3. The van der Waals surface area contributed by atoms with Gasteiger partial charge in [-0.1, -0.05) is 18.2 Å². The molecule has 2 heterocycles. The van der Waals surface area contributed by atoms with Gasteiger partial charge in [-0.15, -0.1) is 0 Å². The molecule has 4 rings (SSSR count). The molecule has 0 bridgehead atoms. The molecule has 0 unspecified atom stereocenters. The number of para-hydroxylation sites is 1. The van der Waals surface area contributed by atoms with Gasteiger partial charge in [0.05, 0.1) is 12.6 Å². The van der Waals surface area contributed by atoms with Gasteiger partial charge >= 0.3 is 0 Å². The largest absolute Gasteiger partial charge is 0.495 e. The first-order valence-electron chi connectivity index (χ1n) is 8.23. The predicted molar refractivity (Wildman–Crippen MR) is 100 cm³/mol. The molecule has 0 aliphatic carbocycles. The zero-order valence-corrected chi connectivity index (χ0v) is 14.0. The van der Waals surface area contributed by atoms with Crippen LogP contribution in [-0.2, 0) is 11.3 Å². The summed E-state index contributed by atoms with van der Waals surface area (Å²) in [5, 5.41) is 5.20. The summed E-state index contributed by atoms with van der Waals surface area (Å²) in [4.78, 5) is 15.5. The van der Waals surface area contributed by atoms with Gasteiger partial charge in [-0.2, -0.15) is 0 Å². The van der Waals surface area contributed by atoms with E-state index in [9.17, 15) is 4.79 Å². The number of hydrogen-bond acceptors (Lipinski definition) is 2. The van der Waals surface area contributed by atoms with Crippen molar-refractivity contribution in [1.29, 1.82) is 0 Å². The number of anilines is 1. The van der Waals surface area contributed by atoms with Crippen LogP contribution in [0.1, 0.15) is 6.42 Å². The van der Waals surface area contributed by atoms with Crippen molar-refractivity contribution in [2.45, 2.75) is 13.0 Å². The molecule has 4 aromatic rings. The van der Waals surface area contributed by atoms with E-state index in [1.165, 1.54) is 0 Å². The Labute approximate surface area is 145 Å². The van der Waals surface area contributed by atoms with Crippen molar-refractivity contribution >= 4 is 33.4 Å². The highest BCUT2D eigenvalue weighted by atomic mass is 16.5. The number of amides is 1. The highest BCUT2D eigenvalue weighted by molar-refractivity contribution is 5.93. The minimum Gasteiger partial charge on any atom is -0.495 e. The first-order chi connectivity index (χ1) is 12.2. The molecule has 0 saturated carbocycles. The predicted octanol–water partition coefficient (Wildman–Crippen LogP) is 4.16. The molecule has 126 valence electrons. The topological polar surface area (TPSA) is 59.0 Å². The smallest absolute Gasteiger partial charge is 0.226 e. The van der Waals surface area contributed by atoms with E-state index in [1.54, 1.807) is 7.11 Å². The third-order valence-corrected chi connectivity index (χ3v) is 4.39. The molecule has 0 aliphatic rings. The number of nitrogens with one attached hydrogen (secondary N) is 2. The molecule has 2 aromatic carbocycles. The number of carbonyl (C=O) groups excluding carboxylic acids is 1. The minimum atomic E-state index is -0.0114. The molecule has 0 fully saturated rings. The summed E-state index contributed by atoms with van der Waals surface area (Å²) in [6, 6.07) is 15.8.